The van der Waals surface area contributed by atoms with E-state index in [2.05, 4.69) is 31.2 Å². The average molecular weight is 161 g/mol. The van der Waals surface area contributed by atoms with Crippen LogP contribution in [0.5, 0.6) is 0 Å². The lowest BCUT2D eigenvalue weighted by molar-refractivity contribution is 0.216. The maximum absolute atomic E-state index is 5.51. The third-order valence-electron chi connectivity index (χ3n) is 2.16. The molecule has 1 aromatic rings. The first kappa shape index (κ1) is 7.81. The van der Waals surface area contributed by atoms with E-state index >= 15 is 0 Å². The van der Waals surface area contributed by atoms with Gasteiger partial charge in [-0.15, -0.1) is 0 Å². The summed E-state index contributed by atoms with van der Waals surface area (Å²) < 4.78 is 5.51. The van der Waals surface area contributed by atoms with E-state index in [0.717, 1.165) is 13.0 Å². The Balaban J connectivity index is 2.21. The third kappa shape index (κ3) is 1.51. The number of benzene rings is 1. The molecule has 63 valence electrons. The zero-order chi connectivity index (χ0) is 8.39. The molecule has 1 saturated heterocycles. The third-order valence-corrected chi connectivity index (χ3v) is 2.16. The van der Waals surface area contributed by atoms with Gasteiger partial charge in [0.15, 0.2) is 0 Å². The molecule has 0 unspecified atom stereocenters. The fourth-order valence-electron chi connectivity index (χ4n) is 1.55. The van der Waals surface area contributed by atoms with Crippen LogP contribution in [0.3, 0.4) is 0 Å². The molecule has 1 fully saturated rings. The minimum absolute atomic E-state index is 0.892. The Bertz CT molecular complexity index is 261. The van der Waals surface area contributed by atoms with Crippen LogP contribution in [-0.4, -0.2) is 6.61 Å². The topological polar surface area (TPSA) is 9.23 Å². The molecule has 0 bridgehead atoms. The van der Waals surface area contributed by atoms with Crippen LogP contribution in [0.1, 0.15) is 24.0 Å². The van der Waals surface area contributed by atoms with Crippen LogP contribution in [0, 0.1) is 13.0 Å². The van der Waals surface area contributed by atoms with Crippen LogP contribution < -0.4 is 0 Å². The van der Waals surface area contributed by atoms with E-state index in [1.165, 1.54) is 23.7 Å². The molecule has 0 saturated carbocycles. The van der Waals surface area contributed by atoms with Crippen molar-refractivity contribution in [2.45, 2.75) is 19.8 Å². The summed E-state index contributed by atoms with van der Waals surface area (Å²) in [6.45, 7) is 3.00. The summed E-state index contributed by atoms with van der Waals surface area (Å²) in [5.74, 6) is 0. The molecule has 1 radical (unpaired) electrons. The van der Waals surface area contributed by atoms with Crippen molar-refractivity contribution in [1.29, 1.82) is 0 Å². The molecule has 1 aliphatic rings. The highest BCUT2D eigenvalue weighted by molar-refractivity contribution is 5.31. The highest BCUT2D eigenvalue weighted by Crippen LogP contribution is 2.27. The number of hydrogen-bond donors (Lipinski definition) is 0. The summed E-state index contributed by atoms with van der Waals surface area (Å²) in [4.78, 5) is 0. The van der Waals surface area contributed by atoms with Crippen LogP contribution in [0.4, 0.5) is 0 Å². The maximum atomic E-state index is 5.51. The summed E-state index contributed by atoms with van der Waals surface area (Å²) in [5, 5.41) is 0. The number of ether oxygens (including phenoxy) is 1. The molecule has 0 amide bonds. The minimum atomic E-state index is 0.892. The second kappa shape index (κ2) is 3.28. The predicted octanol–water partition coefficient (Wildman–Crippen LogP) is 2.69. The lowest BCUT2D eigenvalue weighted by atomic mass is 10.0. The van der Waals surface area contributed by atoms with Crippen molar-refractivity contribution in [3.8, 4) is 0 Å². The minimum Gasteiger partial charge on any atom is -0.367 e. The standard InChI is InChI=1S/C11H13O/c1-9-4-2-5-10(8-9)11-6-3-7-12-11/h2,4-5,8H,3,6-7H2,1H3. The van der Waals surface area contributed by atoms with Crippen LogP contribution >= 0.6 is 0 Å². The van der Waals surface area contributed by atoms with Gasteiger partial charge >= 0.3 is 0 Å². The van der Waals surface area contributed by atoms with Gasteiger partial charge in [-0.05, 0) is 25.3 Å². The SMILES string of the molecule is Cc1cccc([C]2CCCO2)c1. The highest BCUT2D eigenvalue weighted by Gasteiger charge is 2.18. The van der Waals surface area contributed by atoms with Gasteiger partial charge in [-0.25, -0.2) is 0 Å². The van der Waals surface area contributed by atoms with Crippen molar-refractivity contribution in [2.24, 2.45) is 0 Å². The molecule has 0 spiro atoms. The summed E-state index contributed by atoms with van der Waals surface area (Å²) in [5.41, 5.74) is 2.56. The molecule has 0 aromatic heterocycles. The fraction of sp³-hybridized carbons (Fsp3) is 0.364. The Morgan fingerprint density at radius 1 is 1.33 bits per heavy atom. The van der Waals surface area contributed by atoms with Crippen LogP contribution in [0.15, 0.2) is 24.3 Å². The van der Waals surface area contributed by atoms with Crippen LogP contribution in [0.25, 0.3) is 0 Å². The Hall–Kier alpha value is -0.820. The molecule has 0 N–H and O–H groups in total. The van der Waals surface area contributed by atoms with E-state index in [1.54, 1.807) is 0 Å². The van der Waals surface area contributed by atoms with Gasteiger partial charge in [0.05, 0.1) is 0 Å². The largest absolute Gasteiger partial charge is 0.367 e. The quantitative estimate of drug-likeness (QED) is 0.615. The Labute approximate surface area is 73.4 Å². The maximum Gasteiger partial charge on any atom is 0.126 e. The molecule has 12 heavy (non-hydrogen) atoms. The van der Waals surface area contributed by atoms with Crippen molar-refractivity contribution in [1.82, 2.24) is 0 Å². The van der Waals surface area contributed by atoms with E-state index < -0.39 is 0 Å². The molecule has 1 aromatic carbocycles. The molecule has 0 atom stereocenters. The zero-order valence-electron chi connectivity index (χ0n) is 7.34. The molecule has 1 aliphatic heterocycles. The molecular weight excluding hydrogens is 148 g/mol. The first-order valence-corrected chi connectivity index (χ1v) is 4.42. The van der Waals surface area contributed by atoms with Gasteiger partial charge in [-0.1, -0.05) is 29.8 Å². The van der Waals surface area contributed by atoms with E-state index in [1.807, 2.05) is 0 Å². The van der Waals surface area contributed by atoms with Gasteiger partial charge in [0.2, 0.25) is 0 Å². The van der Waals surface area contributed by atoms with Gasteiger partial charge in [-0.2, -0.15) is 0 Å². The van der Waals surface area contributed by atoms with Crippen molar-refractivity contribution in [3.63, 3.8) is 0 Å². The smallest absolute Gasteiger partial charge is 0.126 e. The van der Waals surface area contributed by atoms with E-state index in [-0.39, 0.29) is 0 Å². The second-order valence-corrected chi connectivity index (χ2v) is 3.24. The molecule has 1 heterocycles. The average Bonchev–Trinajstić information content (AvgIpc) is 2.56. The van der Waals surface area contributed by atoms with Crippen LogP contribution in [-0.2, 0) is 4.74 Å². The molecule has 1 nitrogen and oxygen atoms in total. The monoisotopic (exact) mass is 161 g/mol. The van der Waals surface area contributed by atoms with E-state index in [9.17, 15) is 0 Å². The van der Waals surface area contributed by atoms with Crippen molar-refractivity contribution in [2.75, 3.05) is 6.61 Å². The van der Waals surface area contributed by atoms with E-state index in [4.69, 9.17) is 4.74 Å². The summed E-state index contributed by atoms with van der Waals surface area (Å²) in [6, 6.07) is 8.49. The van der Waals surface area contributed by atoms with Gasteiger partial charge in [-0.3, -0.25) is 0 Å². The number of rotatable bonds is 1. The molecule has 0 aliphatic carbocycles. The molecule has 2 rings (SSSR count). The summed E-state index contributed by atoms with van der Waals surface area (Å²) >= 11 is 0. The molecule has 1 heteroatoms. The van der Waals surface area contributed by atoms with Crippen molar-refractivity contribution < 1.29 is 4.74 Å². The van der Waals surface area contributed by atoms with Gasteiger partial charge in [0, 0.05) is 6.61 Å². The van der Waals surface area contributed by atoms with Gasteiger partial charge < -0.3 is 4.74 Å². The van der Waals surface area contributed by atoms with Crippen LogP contribution in [0.2, 0.25) is 0 Å². The fourth-order valence-corrected chi connectivity index (χ4v) is 1.55. The first-order chi connectivity index (χ1) is 5.86. The lowest BCUT2D eigenvalue weighted by Crippen LogP contribution is -1.96. The molecular formula is C11H13O. The second-order valence-electron chi connectivity index (χ2n) is 3.24. The number of hydrogen-bond acceptors (Lipinski definition) is 1. The first-order valence-electron chi connectivity index (χ1n) is 4.42. The van der Waals surface area contributed by atoms with Gasteiger partial charge in [0.1, 0.15) is 6.10 Å². The number of aryl methyl sites for hydroxylation is 1. The zero-order valence-corrected chi connectivity index (χ0v) is 7.34. The lowest BCUT2D eigenvalue weighted by Gasteiger charge is -2.08. The normalized spacial score (nSPS) is 18.4. The summed E-state index contributed by atoms with van der Waals surface area (Å²) in [7, 11) is 0. The predicted molar refractivity (Wildman–Crippen MR) is 48.7 cm³/mol. The highest BCUT2D eigenvalue weighted by atomic mass is 16.5. The Morgan fingerprint density at radius 3 is 2.92 bits per heavy atom. The summed E-state index contributed by atoms with van der Waals surface area (Å²) in [6.07, 6.45) is 3.44. The van der Waals surface area contributed by atoms with Crippen molar-refractivity contribution >= 4 is 0 Å². The Kier molecular flexibility index (Phi) is 2.13. The Morgan fingerprint density at radius 2 is 2.25 bits per heavy atom. The van der Waals surface area contributed by atoms with Gasteiger partial charge in [0.25, 0.3) is 0 Å². The van der Waals surface area contributed by atoms with Crippen molar-refractivity contribution in [3.05, 3.63) is 41.5 Å². The van der Waals surface area contributed by atoms with E-state index in [0.29, 0.717) is 0 Å².